The summed E-state index contributed by atoms with van der Waals surface area (Å²) in [6.45, 7) is 7.76. The molecule has 3 heteroatoms. The molecule has 94 valence electrons. The fraction of sp³-hybridized carbons (Fsp3) is 0.400. The Morgan fingerprint density at radius 3 is 3.06 bits per heavy atom. The first-order valence-electron chi connectivity index (χ1n) is 6.48. The van der Waals surface area contributed by atoms with Crippen LogP contribution < -0.4 is 5.32 Å². The number of aromatic amines is 1. The van der Waals surface area contributed by atoms with E-state index >= 15 is 0 Å². The predicted octanol–water partition coefficient (Wildman–Crippen LogP) is 2.96. The molecule has 1 atom stereocenters. The normalized spacial score (nSPS) is 23.1. The Labute approximate surface area is 107 Å². The molecule has 0 radical (unpaired) electrons. The topological polar surface area (TPSA) is 40.7 Å². The van der Waals surface area contributed by atoms with Crippen LogP contribution in [-0.4, -0.2) is 22.1 Å². The first-order chi connectivity index (χ1) is 8.58. The molecule has 0 aromatic carbocycles. The summed E-state index contributed by atoms with van der Waals surface area (Å²) in [4.78, 5) is 7.62. The maximum Gasteiger partial charge on any atom is 0.137 e. The third kappa shape index (κ3) is 1.75. The molecule has 0 saturated heterocycles. The molecule has 2 N–H and O–H groups in total. The van der Waals surface area contributed by atoms with Crippen LogP contribution in [0.25, 0.3) is 16.6 Å². The number of nitrogens with one attached hydrogen (secondary N) is 2. The molecule has 0 spiro atoms. The Hall–Kier alpha value is -1.61. The molecule has 0 bridgehead atoms. The fourth-order valence-electron chi connectivity index (χ4n) is 2.67. The summed E-state index contributed by atoms with van der Waals surface area (Å²) in [6, 6.07) is 4.12. The van der Waals surface area contributed by atoms with Crippen LogP contribution in [0.2, 0.25) is 0 Å². The second-order valence-electron chi connectivity index (χ2n) is 5.67. The number of hydrogen-bond donors (Lipinski definition) is 2. The van der Waals surface area contributed by atoms with E-state index in [1.807, 2.05) is 12.3 Å². The Morgan fingerprint density at radius 1 is 1.39 bits per heavy atom. The van der Waals surface area contributed by atoms with Crippen molar-refractivity contribution < 1.29 is 0 Å². The van der Waals surface area contributed by atoms with Crippen molar-refractivity contribution in [2.45, 2.75) is 26.3 Å². The number of H-pyrrole nitrogens is 1. The average molecular weight is 241 g/mol. The first kappa shape index (κ1) is 11.5. The zero-order valence-corrected chi connectivity index (χ0v) is 11.1. The lowest BCUT2D eigenvalue weighted by Gasteiger charge is -2.35. The molecular formula is C15H19N3. The Bertz CT molecular complexity index is 607. The van der Waals surface area contributed by atoms with E-state index in [0.717, 1.165) is 12.2 Å². The first-order valence-corrected chi connectivity index (χ1v) is 6.48. The van der Waals surface area contributed by atoms with Gasteiger partial charge in [-0.15, -0.1) is 0 Å². The maximum absolute atomic E-state index is 4.36. The summed E-state index contributed by atoms with van der Waals surface area (Å²) in [6.07, 6.45) is 6.28. The minimum atomic E-state index is 0.0114. The molecule has 2 aromatic heterocycles. The quantitative estimate of drug-likeness (QED) is 0.806. The van der Waals surface area contributed by atoms with Gasteiger partial charge in [-0.3, -0.25) is 0 Å². The van der Waals surface area contributed by atoms with E-state index in [0.29, 0.717) is 5.92 Å². The van der Waals surface area contributed by atoms with E-state index in [9.17, 15) is 0 Å². The van der Waals surface area contributed by atoms with Crippen LogP contribution in [-0.2, 0) is 0 Å². The van der Waals surface area contributed by atoms with E-state index < -0.39 is 0 Å². The molecule has 1 aliphatic heterocycles. The van der Waals surface area contributed by atoms with E-state index in [2.05, 4.69) is 54.4 Å². The van der Waals surface area contributed by atoms with Crippen molar-refractivity contribution in [3.05, 3.63) is 36.2 Å². The van der Waals surface area contributed by atoms with Crippen LogP contribution in [0.1, 0.15) is 26.3 Å². The lowest BCUT2D eigenvalue weighted by atomic mass is 9.82. The van der Waals surface area contributed by atoms with Gasteiger partial charge in [0, 0.05) is 35.4 Å². The van der Waals surface area contributed by atoms with Gasteiger partial charge in [-0.2, -0.15) is 0 Å². The summed E-state index contributed by atoms with van der Waals surface area (Å²) < 4.78 is 0. The van der Waals surface area contributed by atoms with Crippen LogP contribution in [0.15, 0.2) is 30.6 Å². The molecular weight excluding hydrogens is 222 g/mol. The smallest absolute Gasteiger partial charge is 0.137 e. The third-order valence-corrected chi connectivity index (χ3v) is 3.73. The molecule has 0 saturated carbocycles. The van der Waals surface area contributed by atoms with Gasteiger partial charge in [-0.05, 0) is 37.5 Å². The Morgan fingerprint density at radius 2 is 2.22 bits per heavy atom. The molecule has 18 heavy (non-hydrogen) atoms. The lowest BCUT2D eigenvalue weighted by Crippen LogP contribution is -2.45. The monoisotopic (exact) mass is 241 g/mol. The summed E-state index contributed by atoms with van der Waals surface area (Å²) in [5.41, 5.74) is 3.60. The fourth-order valence-corrected chi connectivity index (χ4v) is 2.67. The highest BCUT2D eigenvalue weighted by Crippen LogP contribution is 2.34. The van der Waals surface area contributed by atoms with Crippen molar-refractivity contribution in [1.82, 2.24) is 15.3 Å². The predicted molar refractivity (Wildman–Crippen MR) is 75.3 cm³/mol. The molecule has 3 nitrogen and oxygen atoms in total. The van der Waals surface area contributed by atoms with Gasteiger partial charge in [0.1, 0.15) is 5.65 Å². The van der Waals surface area contributed by atoms with Gasteiger partial charge in [0.05, 0.1) is 0 Å². The Kier molecular flexibility index (Phi) is 2.52. The number of rotatable bonds is 1. The van der Waals surface area contributed by atoms with Crippen LogP contribution >= 0.6 is 0 Å². The van der Waals surface area contributed by atoms with Crippen molar-refractivity contribution in [3.8, 4) is 0 Å². The number of pyridine rings is 1. The van der Waals surface area contributed by atoms with E-state index in [1.165, 1.54) is 16.5 Å². The van der Waals surface area contributed by atoms with Gasteiger partial charge < -0.3 is 10.3 Å². The highest BCUT2D eigenvalue weighted by atomic mass is 15.0. The Balaban J connectivity index is 2.19. The summed E-state index contributed by atoms with van der Waals surface area (Å²) in [5, 5.41) is 4.81. The van der Waals surface area contributed by atoms with Gasteiger partial charge in [0.2, 0.25) is 0 Å². The zero-order chi connectivity index (χ0) is 12.8. The highest BCUT2D eigenvalue weighted by molar-refractivity contribution is 5.92. The van der Waals surface area contributed by atoms with E-state index in [4.69, 9.17) is 0 Å². The minimum Gasteiger partial charge on any atom is -0.346 e. The van der Waals surface area contributed by atoms with Gasteiger partial charge in [0.25, 0.3) is 0 Å². The summed E-state index contributed by atoms with van der Waals surface area (Å²) in [7, 11) is 0. The molecule has 1 aliphatic rings. The molecule has 1 unspecified atom stereocenters. The van der Waals surface area contributed by atoms with Crippen molar-refractivity contribution in [2.75, 3.05) is 6.54 Å². The van der Waals surface area contributed by atoms with Crippen molar-refractivity contribution in [1.29, 1.82) is 0 Å². The van der Waals surface area contributed by atoms with Crippen LogP contribution in [0.4, 0.5) is 0 Å². The number of fused-ring (bicyclic) bond motifs is 1. The number of aromatic nitrogens is 2. The summed E-state index contributed by atoms with van der Waals surface area (Å²) in [5.74, 6) is 0.564. The van der Waals surface area contributed by atoms with Gasteiger partial charge in [-0.25, -0.2) is 4.98 Å². The maximum atomic E-state index is 4.36. The highest BCUT2D eigenvalue weighted by Gasteiger charge is 2.29. The number of nitrogens with zero attached hydrogens (tertiary/aromatic N) is 1. The largest absolute Gasteiger partial charge is 0.346 e. The third-order valence-electron chi connectivity index (χ3n) is 3.73. The van der Waals surface area contributed by atoms with Crippen LogP contribution in [0.5, 0.6) is 0 Å². The van der Waals surface area contributed by atoms with Gasteiger partial charge >= 0.3 is 0 Å². The van der Waals surface area contributed by atoms with E-state index in [-0.39, 0.29) is 5.54 Å². The SMILES string of the molecule is CC1C=C(c2c[nH]c3ncccc23)C(C)(C)NC1. The van der Waals surface area contributed by atoms with Crippen molar-refractivity contribution in [2.24, 2.45) is 5.92 Å². The second kappa shape index (κ2) is 3.95. The molecule has 3 heterocycles. The number of hydrogen-bond acceptors (Lipinski definition) is 2. The minimum absolute atomic E-state index is 0.0114. The molecule has 0 aliphatic carbocycles. The molecule has 2 aromatic rings. The van der Waals surface area contributed by atoms with Crippen LogP contribution in [0.3, 0.4) is 0 Å². The van der Waals surface area contributed by atoms with Gasteiger partial charge in [0.15, 0.2) is 0 Å². The van der Waals surface area contributed by atoms with Crippen molar-refractivity contribution in [3.63, 3.8) is 0 Å². The zero-order valence-electron chi connectivity index (χ0n) is 11.1. The van der Waals surface area contributed by atoms with Gasteiger partial charge in [-0.1, -0.05) is 13.0 Å². The lowest BCUT2D eigenvalue weighted by molar-refractivity contribution is 0.436. The molecule has 0 amide bonds. The van der Waals surface area contributed by atoms with Crippen LogP contribution in [0, 0.1) is 5.92 Å². The second-order valence-corrected chi connectivity index (χ2v) is 5.67. The average Bonchev–Trinajstić information content (AvgIpc) is 2.76. The van der Waals surface area contributed by atoms with E-state index in [1.54, 1.807) is 0 Å². The standard InChI is InChI=1S/C15H19N3/c1-10-7-13(15(2,3)18-8-10)12-9-17-14-11(12)5-4-6-16-14/h4-7,9-10,18H,8H2,1-3H3,(H,16,17). The van der Waals surface area contributed by atoms with Crippen molar-refractivity contribution >= 4 is 16.6 Å². The molecule has 3 rings (SSSR count). The summed E-state index contributed by atoms with van der Waals surface area (Å²) >= 11 is 0. The molecule has 0 fully saturated rings.